The van der Waals surface area contributed by atoms with E-state index in [2.05, 4.69) is 11.9 Å². The number of nitrogens with one attached hydrogen (secondary N) is 1. The average molecular weight is 295 g/mol. The van der Waals surface area contributed by atoms with E-state index >= 15 is 0 Å². The second-order valence-electron chi connectivity index (χ2n) is 5.61. The molecular formula is C15H18FNO2S. The van der Waals surface area contributed by atoms with Gasteiger partial charge in [0.05, 0.1) is 10.4 Å². The third-order valence-electron chi connectivity index (χ3n) is 4.26. The molecular weight excluding hydrogens is 277 g/mol. The predicted octanol–water partition coefficient (Wildman–Crippen LogP) is 3.54. The molecule has 0 saturated heterocycles. The number of aryl methyl sites for hydroxylation is 1. The number of H-pyrrole nitrogens is 1. The van der Waals surface area contributed by atoms with Crippen molar-refractivity contribution in [2.45, 2.75) is 43.4 Å². The smallest absolute Gasteiger partial charge is 0.177 e. The molecule has 1 aliphatic carbocycles. The summed E-state index contributed by atoms with van der Waals surface area (Å²) in [6.07, 6.45) is 5.20. The maximum absolute atomic E-state index is 13.8. The van der Waals surface area contributed by atoms with Crippen molar-refractivity contribution in [3.63, 3.8) is 0 Å². The maximum atomic E-state index is 13.8. The van der Waals surface area contributed by atoms with Crippen molar-refractivity contribution in [2.24, 2.45) is 0 Å². The number of sulfone groups is 1. The van der Waals surface area contributed by atoms with Crippen LogP contribution < -0.4 is 0 Å². The van der Waals surface area contributed by atoms with Crippen molar-refractivity contribution in [1.29, 1.82) is 0 Å². The summed E-state index contributed by atoms with van der Waals surface area (Å²) in [6, 6.07) is 2.57. The molecule has 0 spiro atoms. The van der Waals surface area contributed by atoms with Gasteiger partial charge in [0, 0.05) is 17.3 Å². The lowest BCUT2D eigenvalue weighted by Crippen LogP contribution is -2.07. The van der Waals surface area contributed by atoms with Gasteiger partial charge < -0.3 is 4.98 Å². The molecule has 1 atom stereocenters. The molecule has 1 aromatic heterocycles. The zero-order valence-electron chi connectivity index (χ0n) is 11.7. The van der Waals surface area contributed by atoms with Crippen LogP contribution in [-0.4, -0.2) is 19.7 Å². The fourth-order valence-corrected chi connectivity index (χ4v) is 4.15. The lowest BCUT2D eigenvalue weighted by molar-refractivity contribution is 0.532. The molecule has 1 N–H and O–H groups in total. The lowest BCUT2D eigenvalue weighted by atomic mass is 9.85. The lowest BCUT2D eigenvalue weighted by Gasteiger charge is -2.21. The standard InChI is InChI=1S/C15H18FNO2S/c1-3-9-5-4-6-11-12-7-10(16)8-13(20(2,18)19)15(12)17-14(9)11/h7-9,17H,3-6H2,1-2H3. The number of rotatable bonds is 2. The van der Waals surface area contributed by atoms with E-state index in [0.29, 0.717) is 11.4 Å². The summed E-state index contributed by atoms with van der Waals surface area (Å²) in [5.74, 6) is -0.0695. The fraction of sp³-hybridized carbons (Fsp3) is 0.467. The SMILES string of the molecule is CCC1CCCc2c1[nH]c1c(S(C)(=O)=O)cc(F)cc21. The molecule has 1 heterocycles. The molecule has 1 aromatic carbocycles. The molecule has 5 heteroatoms. The van der Waals surface area contributed by atoms with Crippen LogP contribution in [0.5, 0.6) is 0 Å². The largest absolute Gasteiger partial charge is 0.357 e. The van der Waals surface area contributed by atoms with E-state index in [4.69, 9.17) is 0 Å². The summed E-state index contributed by atoms with van der Waals surface area (Å²) >= 11 is 0. The van der Waals surface area contributed by atoms with E-state index in [-0.39, 0.29) is 4.90 Å². The number of aromatic amines is 1. The number of benzene rings is 1. The van der Waals surface area contributed by atoms with Gasteiger partial charge in [-0.25, -0.2) is 12.8 Å². The zero-order valence-corrected chi connectivity index (χ0v) is 12.5. The van der Waals surface area contributed by atoms with Crippen LogP contribution in [0.3, 0.4) is 0 Å². The molecule has 0 radical (unpaired) electrons. The normalized spacial score (nSPS) is 19.2. The van der Waals surface area contributed by atoms with Gasteiger partial charge >= 0.3 is 0 Å². The van der Waals surface area contributed by atoms with Crippen molar-refractivity contribution in [2.75, 3.05) is 6.26 Å². The number of halogens is 1. The first-order valence-electron chi connectivity index (χ1n) is 6.96. The number of hydrogen-bond acceptors (Lipinski definition) is 2. The van der Waals surface area contributed by atoms with Crippen LogP contribution in [0.25, 0.3) is 10.9 Å². The van der Waals surface area contributed by atoms with Gasteiger partial charge in [0.15, 0.2) is 9.84 Å². The molecule has 2 aromatic rings. The molecule has 0 amide bonds. The molecule has 20 heavy (non-hydrogen) atoms. The van der Waals surface area contributed by atoms with Crippen LogP contribution in [0.4, 0.5) is 4.39 Å². The summed E-state index contributed by atoms with van der Waals surface area (Å²) in [4.78, 5) is 3.34. The van der Waals surface area contributed by atoms with Crippen LogP contribution in [0.2, 0.25) is 0 Å². The minimum Gasteiger partial charge on any atom is -0.357 e. The van der Waals surface area contributed by atoms with Gasteiger partial charge in [0.2, 0.25) is 0 Å². The Bertz CT molecular complexity index is 777. The average Bonchev–Trinajstić information content (AvgIpc) is 2.75. The van der Waals surface area contributed by atoms with Gasteiger partial charge in [-0.15, -0.1) is 0 Å². The Hall–Kier alpha value is -1.36. The molecule has 108 valence electrons. The van der Waals surface area contributed by atoms with Gasteiger partial charge in [0.1, 0.15) is 5.82 Å². The molecule has 0 bridgehead atoms. The van der Waals surface area contributed by atoms with Crippen LogP contribution in [0.15, 0.2) is 17.0 Å². The number of aromatic nitrogens is 1. The minimum atomic E-state index is -3.45. The van der Waals surface area contributed by atoms with E-state index in [1.807, 2.05) is 0 Å². The van der Waals surface area contributed by atoms with E-state index in [1.165, 1.54) is 6.07 Å². The monoisotopic (exact) mass is 295 g/mol. The van der Waals surface area contributed by atoms with Crippen molar-refractivity contribution in [3.05, 3.63) is 29.2 Å². The summed E-state index contributed by atoms with van der Waals surface area (Å²) < 4.78 is 37.5. The molecule has 0 saturated carbocycles. The van der Waals surface area contributed by atoms with Crippen LogP contribution in [-0.2, 0) is 16.3 Å². The quantitative estimate of drug-likeness (QED) is 0.921. The summed E-state index contributed by atoms with van der Waals surface area (Å²) in [7, 11) is -3.45. The maximum Gasteiger partial charge on any atom is 0.177 e. The van der Waals surface area contributed by atoms with E-state index in [0.717, 1.165) is 54.6 Å². The highest BCUT2D eigenvalue weighted by molar-refractivity contribution is 7.91. The molecule has 3 rings (SSSR count). The Morgan fingerprint density at radius 1 is 1.40 bits per heavy atom. The van der Waals surface area contributed by atoms with Crippen LogP contribution in [0, 0.1) is 5.82 Å². The zero-order chi connectivity index (χ0) is 14.5. The number of hydrogen-bond donors (Lipinski definition) is 1. The van der Waals surface area contributed by atoms with E-state index in [1.54, 1.807) is 0 Å². The fourth-order valence-electron chi connectivity index (χ4n) is 3.29. The van der Waals surface area contributed by atoms with Gasteiger partial charge in [0.25, 0.3) is 0 Å². The van der Waals surface area contributed by atoms with Crippen molar-refractivity contribution in [3.8, 4) is 0 Å². The van der Waals surface area contributed by atoms with E-state index in [9.17, 15) is 12.8 Å². The minimum absolute atomic E-state index is 0.0664. The van der Waals surface area contributed by atoms with Crippen LogP contribution in [0.1, 0.15) is 43.4 Å². The number of fused-ring (bicyclic) bond motifs is 3. The molecule has 3 nitrogen and oxygen atoms in total. The second kappa shape index (κ2) is 4.58. The Labute approximate surface area is 118 Å². The van der Waals surface area contributed by atoms with Crippen molar-refractivity contribution >= 4 is 20.7 Å². The molecule has 1 unspecified atom stereocenters. The topological polar surface area (TPSA) is 49.9 Å². The molecule has 1 aliphatic rings. The van der Waals surface area contributed by atoms with E-state index < -0.39 is 15.7 Å². The summed E-state index contributed by atoms with van der Waals surface area (Å²) in [6.45, 7) is 2.13. The predicted molar refractivity (Wildman–Crippen MR) is 77.3 cm³/mol. The van der Waals surface area contributed by atoms with Gasteiger partial charge in [-0.2, -0.15) is 0 Å². The Morgan fingerprint density at radius 2 is 2.15 bits per heavy atom. The second-order valence-corrected chi connectivity index (χ2v) is 7.60. The van der Waals surface area contributed by atoms with Gasteiger partial charge in [-0.05, 0) is 49.3 Å². The molecule has 0 fully saturated rings. The first kappa shape index (κ1) is 13.6. The van der Waals surface area contributed by atoms with Crippen molar-refractivity contribution < 1.29 is 12.8 Å². The van der Waals surface area contributed by atoms with Crippen molar-refractivity contribution in [1.82, 2.24) is 4.98 Å². The summed E-state index contributed by atoms with van der Waals surface area (Å²) in [5, 5.41) is 0.735. The van der Waals surface area contributed by atoms with Crippen LogP contribution >= 0.6 is 0 Å². The first-order chi connectivity index (χ1) is 9.41. The Morgan fingerprint density at radius 3 is 2.80 bits per heavy atom. The Kier molecular flexibility index (Phi) is 3.12. The Balaban J connectivity index is 2.37. The van der Waals surface area contributed by atoms with Gasteiger partial charge in [-0.1, -0.05) is 6.92 Å². The highest BCUT2D eigenvalue weighted by Gasteiger charge is 2.26. The highest BCUT2D eigenvalue weighted by atomic mass is 32.2. The van der Waals surface area contributed by atoms with Gasteiger partial charge in [-0.3, -0.25) is 0 Å². The molecule has 0 aliphatic heterocycles. The third kappa shape index (κ3) is 2.04. The first-order valence-corrected chi connectivity index (χ1v) is 8.85. The third-order valence-corrected chi connectivity index (χ3v) is 5.38. The summed E-state index contributed by atoms with van der Waals surface area (Å²) in [5.41, 5.74) is 2.77. The highest BCUT2D eigenvalue weighted by Crippen LogP contribution is 2.39.